The third-order valence-electron chi connectivity index (χ3n) is 9.19. The van der Waals surface area contributed by atoms with E-state index in [9.17, 15) is 26.4 Å². The van der Waals surface area contributed by atoms with Gasteiger partial charge in [0, 0.05) is 44.3 Å². The van der Waals surface area contributed by atoms with Gasteiger partial charge in [0.1, 0.15) is 10.9 Å². The monoisotopic (exact) mass is 636 g/mol. The molecule has 0 aliphatic carbocycles. The Morgan fingerprint density at radius 1 is 0.818 bits per heavy atom. The van der Waals surface area contributed by atoms with Crippen LogP contribution in [0.3, 0.4) is 0 Å². The van der Waals surface area contributed by atoms with Crippen molar-refractivity contribution in [2.45, 2.75) is 46.0 Å². The number of hydrogen-bond donors (Lipinski definition) is 2. The standard InChI is InChI=1S/C32H36N4O6S2/c1-43(39,40)25-14-12-23(13-15-25)22-36-30(37)32(34-31(36)38)16-18-35(19-17-32)29(44(41,42)26-10-6-3-7-11-26)28-21-33-20-27(28)24-8-4-2-5-9-24/h2-15,27-29,33H,16-22H2,1H3,(H,34,38)/t27-,28-,29?/m1/s1. The van der Waals surface area contributed by atoms with Gasteiger partial charge in [0.2, 0.25) is 0 Å². The lowest BCUT2D eigenvalue weighted by Gasteiger charge is -2.43. The molecule has 3 aliphatic heterocycles. The summed E-state index contributed by atoms with van der Waals surface area (Å²) in [5, 5.41) is 5.52. The summed E-state index contributed by atoms with van der Waals surface area (Å²) in [4.78, 5) is 30.3. The van der Waals surface area contributed by atoms with E-state index in [1.165, 1.54) is 12.1 Å². The number of carbonyl (C=O) groups excluding carboxylic acids is 2. The molecule has 44 heavy (non-hydrogen) atoms. The summed E-state index contributed by atoms with van der Waals surface area (Å²) in [6.07, 6.45) is 1.67. The first-order valence-electron chi connectivity index (χ1n) is 14.7. The molecule has 3 aromatic carbocycles. The molecule has 3 heterocycles. The molecular formula is C32H36N4O6S2. The van der Waals surface area contributed by atoms with Crippen LogP contribution < -0.4 is 10.6 Å². The van der Waals surface area contributed by atoms with Crippen LogP contribution in [0, 0.1) is 5.92 Å². The van der Waals surface area contributed by atoms with Gasteiger partial charge in [-0.15, -0.1) is 0 Å². The minimum atomic E-state index is -3.79. The third kappa shape index (κ3) is 5.67. The van der Waals surface area contributed by atoms with E-state index in [0.29, 0.717) is 31.7 Å². The second kappa shape index (κ2) is 11.7. The second-order valence-electron chi connectivity index (χ2n) is 11.9. The number of carbonyl (C=O) groups is 2. The summed E-state index contributed by atoms with van der Waals surface area (Å²) in [7, 11) is -7.16. The molecule has 0 saturated carbocycles. The van der Waals surface area contributed by atoms with Crippen LogP contribution >= 0.6 is 0 Å². The summed E-state index contributed by atoms with van der Waals surface area (Å²) in [5.41, 5.74) is 0.599. The molecule has 3 saturated heterocycles. The van der Waals surface area contributed by atoms with E-state index in [1.54, 1.807) is 42.5 Å². The number of hydrogen-bond acceptors (Lipinski definition) is 8. The Kier molecular flexibility index (Phi) is 8.12. The summed E-state index contributed by atoms with van der Waals surface area (Å²) in [6, 6.07) is 24.1. The first-order valence-corrected chi connectivity index (χ1v) is 18.2. The molecule has 2 N–H and O–H groups in total. The minimum Gasteiger partial charge on any atom is -0.323 e. The summed E-state index contributed by atoms with van der Waals surface area (Å²) in [6.45, 7) is 1.86. The Hall–Kier alpha value is -3.58. The quantitative estimate of drug-likeness (QED) is 0.361. The van der Waals surface area contributed by atoms with Gasteiger partial charge in [-0.2, -0.15) is 0 Å². The third-order valence-corrected chi connectivity index (χ3v) is 12.5. The molecule has 3 fully saturated rings. The predicted molar refractivity (Wildman–Crippen MR) is 165 cm³/mol. The van der Waals surface area contributed by atoms with E-state index in [1.807, 2.05) is 35.2 Å². The maximum atomic E-state index is 14.3. The molecule has 3 aliphatic rings. The van der Waals surface area contributed by atoms with E-state index in [-0.39, 0.29) is 46.9 Å². The van der Waals surface area contributed by atoms with Crippen molar-refractivity contribution in [1.82, 2.24) is 20.4 Å². The summed E-state index contributed by atoms with van der Waals surface area (Å²) < 4.78 is 52.3. The van der Waals surface area contributed by atoms with E-state index in [0.717, 1.165) is 16.7 Å². The molecule has 10 nitrogen and oxygen atoms in total. The van der Waals surface area contributed by atoms with E-state index in [2.05, 4.69) is 10.6 Å². The zero-order chi connectivity index (χ0) is 31.1. The summed E-state index contributed by atoms with van der Waals surface area (Å²) >= 11 is 0. The van der Waals surface area contributed by atoms with Crippen LogP contribution in [-0.4, -0.2) is 81.9 Å². The molecular weight excluding hydrogens is 601 g/mol. The fraction of sp³-hybridized carbons (Fsp3) is 0.375. The van der Waals surface area contributed by atoms with Crippen LogP contribution in [0.1, 0.15) is 29.9 Å². The lowest BCUT2D eigenvalue weighted by Crippen LogP contribution is -2.59. The van der Waals surface area contributed by atoms with Crippen LogP contribution in [0.2, 0.25) is 0 Å². The predicted octanol–water partition coefficient (Wildman–Crippen LogP) is 2.78. The minimum absolute atomic E-state index is 0.00651. The first kappa shape index (κ1) is 30.4. The Labute approximate surface area is 258 Å². The number of nitrogens with one attached hydrogen (secondary N) is 2. The smallest absolute Gasteiger partial charge is 0.323 e. The Morgan fingerprint density at radius 3 is 2.05 bits per heavy atom. The Bertz CT molecular complexity index is 1740. The van der Waals surface area contributed by atoms with Crippen LogP contribution in [0.25, 0.3) is 0 Å². The number of likely N-dealkylation sites (tertiary alicyclic amines) is 1. The molecule has 3 amide bonds. The lowest BCUT2D eigenvalue weighted by atomic mass is 9.85. The molecule has 232 valence electrons. The maximum Gasteiger partial charge on any atom is 0.325 e. The maximum absolute atomic E-state index is 14.3. The van der Waals surface area contributed by atoms with Gasteiger partial charge in [0.15, 0.2) is 19.7 Å². The topological polar surface area (TPSA) is 133 Å². The van der Waals surface area contributed by atoms with Crippen molar-refractivity contribution in [1.29, 1.82) is 0 Å². The average Bonchev–Trinajstić information content (AvgIpc) is 3.58. The zero-order valence-corrected chi connectivity index (χ0v) is 26.1. The number of piperidine rings is 1. The van der Waals surface area contributed by atoms with Crippen molar-refractivity contribution in [2.75, 3.05) is 32.4 Å². The van der Waals surface area contributed by atoms with E-state index in [4.69, 9.17) is 0 Å². The molecule has 0 aromatic heterocycles. The van der Waals surface area contributed by atoms with E-state index < -0.39 is 36.6 Å². The first-order chi connectivity index (χ1) is 21.0. The van der Waals surface area contributed by atoms with Gasteiger partial charge >= 0.3 is 6.03 Å². The fourth-order valence-corrected chi connectivity index (χ4v) is 9.65. The van der Waals surface area contributed by atoms with Crippen molar-refractivity contribution in [3.8, 4) is 0 Å². The van der Waals surface area contributed by atoms with Gasteiger partial charge in [-0.05, 0) is 48.2 Å². The molecule has 0 radical (unpaired) electrons. The van der Waals surface area contributed by atoms with E-state index >= 15 is 0 Å². The van der Waals surface area contributed by atoms with Gasteiger partial charge in [0.05, 0.1) is 16.3 Å². The highest BCUT2D eigenvalue weighted by Gasteiger charge is 2.54. The molecule has 3 aromatic rings. The largest absolute Gasteiger partial charge is 0.325 e. The van der Waals surface area contributed by atoms with Crippen molar-refractivity contribution in [3.05, 3.63) is 96.1 Å². The molecule has 1 unspecified atom stereocenters. The van der Waals surface area contributed by atoms with Gasteiger partial charge in [0.25, 0.3) is 5.91 Å². The molecule has 0 bridgehead atoms. The van der Waals surface area contributed by atoms with Crippen LogP contribution in [-0.2, 0) is 31.0 Å². The SMILES string of the molecule is CS(=O)(=O)c1ccc(CN2C(=O)NC3(CCN(C([C@@H]4CNC[C@@H]4c4ccccc4)S(=O)(=O)c4ccccc4)CC3)C2=O)cc1. The molecule has 6 rings (SSSR count). The van der Waals surface area contributed by atoms with Crippen LogP contribution in [0.4, 0.5) is 4.79 Å². The van der Waals surface area contributed by atoms with Crippen molar-refractivity contribution in [2.24, 2.45) is 5.92 Å². The second-order valence-corrected chi connectivity index (χ2v) is 16.0. The Balaban J connectivity index is 1.24. The number of amides is 3. The number of benzene rings is 3. The highest BCUT2D eigenvalue weighted by atomic mass is 32.2. The van der Waals surface area contributed by atoms with Gasteiger partial charge in [-0.25, -0.2) is 21.6 Å². The van der Waals surface area contributed by atoms with Crippen LogP contribution in [0.5, 0.6) is 0 Å². The highest BCUT2D eigenvalue weighted by molar-refractivity contribution is 7.92. The zero-order valence-electron chi connectivity index (χ0n) is 24.4. The van der Waals surface area contributed by atoms with Gasteiger partial charge in [-0.3, -0.25) is 14.6 Å². The Morgan fingerprint density at radius 2 is 1.43 bits per heavy atom. The molecule has 3 atom stereocenters. The number of imide groups is 1. The van der Waals surface area contributed by atoms with Crippen molar-refractivity contribution >= 4 is 31.6 Å². The summed E-state index contributed by atoms with van der Waals surface area (Å²) in [5.74, 6) is -0.577. The average molecular weight is 637 g/mol. The normalized spacial score (nSPS) is 23.2. The van der Waals surface area contributed by atoms with Crippen LogP contribution in [0.15, 0.2) is 94.7 Å². The number of urea groups is 1. The van der Waals surface area contributed by atoms with Crippen molar-refractivity contribution in [3.63, 3.8) is 0 Å². The van der Waals surface area contributed by atoms with Gasteiger partial charge < -0.3 is 10.6 Å². The number of nitrogens with zero attached hydrogens (tertiary/aromatic N) is 2. The molecule has 12 heteroatoms. The fourth-order valence-electron chi connectivity index (χ4n) is 6.85. The lowest BCUT2D eigenvalue weighted by molar-refractivity contribution is -0.133. The number of rotatable bonds is 8. The molecule has 1 spiro atoms. The van der Waals surface area contributed by atoms with Crippen molar-refractivity contribution < 1.29 is 26.4 Å². The highest BCUT2D eigenvalue weighted by Crippen LogP contribution is 2.40. The number of sulfone groups is 2. The van der Waals surface area contributed by atoms with Gasteiger partial charge in [-0.1, -0.05) is 60.7 Å².